The standard InChI is InChI=1S/C15H25NO5/c1-9(17)4-5-10-11-7-13(12(11)8-14(10)18)16-21-6-2-3-15(19)20/h9-12,14,17-18H,2-8H2,1H3,(H,19,20). The Labute approximate surface area is 124 Å². The highest BCUT2D eigenvalue weighted by Crippen LogP contribution is 2.50. The Balaban J connectivity index is 1.73. The summed E-state index contributed by atoms with van der Waals surface area (Å²) in [6, 6.07) is 0. The number of carboxylic acid groups (broad SMARTS) is 1. The number of aliphatic hydroxyl groups excluding tert-OH is 2. The highest BCUT2D eigenvalue weighted by Gasteiger charge is 2.51. The molecule has 21 heavy (non-hydrogen) atoms. The van der Waals surface area contributed by atoms with Crippen molar-refractivity contribution >= 4 is 11.7 Å². The predicted molar refractivity (Wildman–Crippen MR) is 76.9 cm³/mol. The molecule has 2 saturated carbocycles. The molecule has 0 aliphatic heterocycles. The number of hydrogen-bond acceptors (Lipinski definition) is 5. The molecule has 2 aliphatic carbocycles. The summed E-state index contributed by atoms with van der Waals surface area (Å²) < 4.78 is 0. The van der Waals surface area contributed by atoms with Gasteiger partial charge in [0.25, 0.3) is 0 Å². The number of aliphatic hydroxyl groups is 2. The summed E-state index contributed by atoms with van der Waals surface area (Å²) in [6.45, 7) is 2.10. The number of nitrogens with zero attached hydrogens (tertiary/aromatic N) is 1. The molecule has 2 aliphatic rings. The molecule has 2 rings (SSSR count). The van der Waals surface area contributed by atoms with Gasteiger partial charge in [0.2, 0.25) is 0 Å². The average molecular weight is 299 g/mol. The van der Waals surface area contributed by atoms with Crippen LogP contribution in [0.2, 0.25) is 0 Å². The molecular formula is C15H25NO5. The fraction of sp³-hybridized carbons (Fsp3) is 0.867. The van der Waals surface area contributed by atoms with Gasteiger partial charge < -0.3 is 20.2 Å². The third kappa shape index (κ3) is 4.17. The molecule has 0 aromatic rings. The third-order valence-corrected chi connectivity index (χ3v) is 4.66. The van der Waals surface area contributed by atoms with E-state index in [1.165, 1.54) is 0 Å². The first-order valence-corrected chi connectivity index (χ1v) is 7.75. The Morgan fingerprint density at radius 1 is 1.52 bits per heavy atom. The molecule has 0 radical (unpaired) electrons. The van der Waals surface area contributed by atoms with Gasteiger partial charge in [-0.05, 0) is 50.9 Å². The summed E-state index contributed by atoms with van der Waals surface area (Å²) in [5, 5.41) is 32.1. The zero-order chi connectivity index (χ0) is 15.4. The topological polar surface area (TPSA) is 99.4 Å². The van der Waals surface area contributed by atoms with Gasteiger partial charge in [-0.1, -0.05) is 5.16 Å². The molecular weight excluding hydrogens is 274 g/mol. The van der Waals surface area contributed by atoms with E-state index in [-0.39, 0.29) is 24.5 Å². The van der Waals surface area contributed by atoms with Crippen LogP contribution in [0.5, 0.6) is 0 Å². The molecule has 2 fully saturated rings. The summed E-state index contributed by atoms with van der Waals surface area (Å²) in [5.74, 6) is 0.198. The Morgan fingerprint density at radius 3 is 2.95 bits per heavy atom. The second-order valence-corrected chi connectivity index (χ2v) is 6.28. The van der Waals surface area contributed by atoms with Crippen molar-refractivity contribution in [2.75, 3.05) is 6.61 Å². The van der Waals surface area contributed by atoms with Gasteiger partial charge in [0.05, 0.1) is 17.9 Å². The van der Waals surface area contributed by atoms with Gasteiger partial charge in [0.1, 0.15) is 6.61 Å². The van der Waals surface area contributed by atoms with Crippen molar-refractivity contribution in [3.8, 4) is 0 Å². The molecule has 5 atom stereocenters. The number of hydrogen-bond donors (Lipinski definition) is 3. The van der Waals surface area contributed by atoms with Crippen LogP contribution < -0.4 is 0 Å². The van der Waals surface area contributed by atoms with Crippen LogP contribution >= 0.6 is 0 Å². The number of rotatable bonds is 8. The van der Waals surface area contributed by atoms with Crippen LogP contribution in [0.25, 0.3) is 0 Å². The van der Waals surface area contributed by atoms with E-state index in [4.69, 9.17) is 9.94 Å². The van der Waals surface area contributed by atoms with Gasteiger partial charge >= 0.3 is 5.97 Å². The first-order valence-electron chi connectivity index (χ1n) is 7.75. The molecule has 0 amide bonds. The monoisotopic (exact) mass is 299 g/mol. The Kier molecular flexibility index (Phi) is 5.58. The van der Waals surface area contributed by atoms with E-state index in [9.17, 15) is 15.0 Å². The van der Waals surface area contributed by atoms with Gasteiger partial charge in [0, 0.05) is 12.3 Å². The van der Waals surface area contributed by atoms with Crippen molar-refractivity contribution in [2.45, 2.75) is 57.7 Å². The van der Waals surface area contributed by atoms with E-state index in [0.29, 0.717) is 24.9 Å². The maximum absolute atomic E-state index is 10.4. The fourth-order valence-corrected chi connectivity index (χ4v) is 3.46. The lowest BCUT2D eigenvalue weighted by Gasteiger charge is -2.35. The quantitative estimate of drug-likeness (QED) is 0.465. The van der Waals surface area contributed by atoms with Crippen molar-refractivity contribution in [1.82, 2.24) is 0 Å². The minimum Gasteiger partial charge on any atom is -0.481 e. The first kappa shape index (κ1) is 16.2. The van der Waals surface area contributed by atoms with Gasteiger partial charge in [-0.15, -0.1) is 0 Å². The number of carboxylic acids is 1. The highest BCUT2D eigenvalue weighted by atomic mass is 16.6. The minimum atomic E-state index is -0.824. The summed E-state index contributed by atoms with van der Waals surface area (Å²) in [5.41, 5.74) is 0.994. The summed E-state index contributed by atoms with van der Waals surface area (Å²) in [6.07, 6.45) is 3.09. The molecule has 0 aromatic carbocycles. The summed E-state index contributed by atoms with van der Waals surface area (Å²) >= 11 is 0. The Bertz CT molecular complexity index is 396. The van der Waals surface area contributed by atoms with E-state index >= 15 is 0 Å². The summed E-state index contributed by atoms with van der Waals surface area (Å²) in [4.78, 5) is 15.5. The zero-order valence-corrected chi connectivity index (χ0v) is 12.4. The van der Waals surface area contributed by atoms with Crippen LogP contribution in [0.4, 0.5) is 0 Å². The molecule has 0 spiro atoms. The van der Waals surface area contributed by atoms with Gasteiger partial charge in [-0.25, -0.2) is 0 Å². The molecule has 120 valence electrons. The third-order valence-electron chi connectivity index (χ3n) is 4.66. The van der Waals surface area contributed by atoms with E-state index in [1.807, 2.05) is 0 Å². The van der Waals surface area contributed by atoms with Crippen LogP contribution in [0.3, 0.4) is 0 Å². The van der Waals surface area contributed by atoms with Gasteiger partial charge in [-0.2, -0.15) is 0 Å². The number of aliphatic carboxylic acids is 1. The Hall–Kier alpha value is -1.14. The second kappa shape index (κ2) is 7.22. The van der Waals surface area contributed by atoms with Crippen molar-refractivity contribution in [3.05, 3.63) is 0 Å². The Morgan fingerprint density at radius 2 is 2.29 bits per heavy atom. The molecule has 0 bridgehead atoms. The minimum absolute atomic E-state index is 0.0943. The van der Waals surface area contributed by atoms with E-state index in [2.05, 4.69) is 5.16 Å². The van der Waals surface area contributed by atoms with Crippen LogP contribution in [0, 0.1) is 17.8 Å². The lowest BCUT2D eigenvalue weighted by molar-refractivity contribution is -0.137. The SMILES string of the molecule is CC(O)CCC1C(O)CC2C(=NOCCCC(=O)O)CC21. The molecule has 6 heteroatoms. The van der Waals surface area contributed by atoms with E-state index < -0.39 is 5.97 Å². The molecule has 6 nitrogen and oxygen atoms in total. The van der Waals surface area contributed by atoms with Crippen molar-refractivity contribution in [1.29, 1.82) is 0 Å². The molecule has 0 aromatic heterocycles. The van der Waals surface area contributed by atoms with Crippen molar-refractivity contribution in [2.24, 2.45) is 22.9 Å². The maximum Gasteiger partial charge on any atom is 0.303 e. The van der Waals surface area contributed by atoms with Gasteiger partial charge in [-0.3, -0.25) is 4.79 Å². The first-order chi connectivity index (χ1) is 9.99. The van der Waals surface area contributed by atoms with Crippen LogP contribution in [-0.4, -0.2) is 45.8 Å². The van der Waals surface area contributed by atoms with Crippen LogP contribution in [0.1, 0.15) is 45.4 Å². The molecule has 3 N–H and O–H groups in total. The normalized spacial score (nSPS) is 34.3. The average Bonchev–Trinajstić information content (AvgIpc) is 2.63. The van der Waals surface area contributed by atoms with Crippen LogP contribution in [0.15, 0.2) is 5.16 Å². The van der Waals surface area contributed by atoms with Crippen LogP contribution in [-0.2, 0) is 9.63 Å². The summed E-state index contributed by atoms with van der Waals surface area (Å²) in [7, 11) is 0. The van der Waals surface area contributed by atoms with E-state index in [0.717, 1.165) is 31.4 Å². The molecule has 0 heterocycles. The maximum atomic E-state index is 10.4. The highest BCUT2D eigenvalue weighted by molar-refractivity contribution is 5.93. The van der Waals surface area contributed by atoms with Crippen molar-refractivity contribution < 1.29 is 25.0 Å². The molecule has 5 unspecified atom stereocenters. The lowest BCUT2D eigenvalue weighted by Crippen LogP contribution is -2.36. The largest absolute Gasteiger partial charge is 0.481 e. The van der Waals surface area contributed by atoms with Crippen molar-refractivity contribution in [3.63, 3.8) is 0 Å². The lowest BCUT2D eigenvalue weighted by atomic mass is 9.70. The van der Waals surface area contributed by atoms with E-state index in [1.54, 1.807) is 6.92 Å². The second-order valence-electron chi connectivity index (χ2n) is 6.28. The number of oxime groups is 1. The smallest absolute Gasteiger partial charge is 0.303 e. The van der Waals surface area contributed by atoms with Gasteiger partial charge in [0.15, 0.2) is 0 Å². The predicted octanol–water partition coefficient (Wildman–Crippen LogP) is 1.40. The zero-order valence-electron chi connectivity index (χ0n) is 12.4. The molecule has 0 saturated heterocycles. The fourth-order valence-electron chi connectivity index (χ4n) is 3.46. The number of fused-ring (bicyclic) bond motifs is 1. The number of carbonyl (C=O) groups is 1.